The van der Waals surface area contributed by atoms with Gasteiger partial charge in [0.2, 0.25) is 7.37 Å². The van der Waals surface area contributed by atoms with Crippen LogP contribution in [-0.4, -0.2) is 38.2 Å². The summed E-state index contributed by atoms with van der Waals surface area (Å²) < 4.78 is 13.0. The van der Waals surface area contributed by atoms with E-state index in [4.69, 9.17) is 5.11 Å². The number of rotatable bonds is 9. The average molecular weight is 367 g/mol. The van der Waals surface area contributed by atoms with E-state index in [9.17, 15) is 24.2 Å². The average Bonchev–Trinajstić information content (AvgIpc) is 2.95. The Bertz CT molecular complexity index is 814. The van der Waals surface area contributed by atoms with Crippen LogP contribution < -0.4 is 0 Å². The van der Waals surface area contributed by atoms with Crippen molar-refractivity contribution in [2.75, 3.05) is 6.16 Å². The lowest BCUT2D eigenvalue weighted by molar-refractivity contribution is -0.142. The molecule has 3 atom stereocenters. The minimum absolute atomic E-state index is 0.167. The fraction of sp³-hybridized carbons (Fsp3) is 0.412. The molecule has 2 rings (SSSR count). The third kappa shape index (κ3) is 4.50. The van der Waals surface area contributed by atoms with Gasteiger partial charge in [0.1, 0.15) is 0 Å². The fourth-order valence-electron chi connectivity index (χ4n) is 3.13. The van der Waals surface area contributed by atoms with Crippen molar-refractivity contribution in [3.8, 4) is 0 Å². The number of H-pyrrole nitrogens is 1. The SMILES string of the molecule is CCC(c1c[nH]c2ccccc12)P(=O)(O)CC(CCC(=O)O)C(=O)O. The van der Waals surface area contributed by atoms with E-state index >= 15 is 0 Å². The lowest BCUT2D eigenvalue weighted by atomic mass is 10.1. The second-order valence-corrected chi connectivity index (χ2v) is 8.62. The molecule has 2 aromatic rings. The zero-order valence-electron chi connectivity index (χ0n) is 13.9. The van der Waals surface area contributed by atoms with E-state index in [1.807, 2.05) is 24.3 Å². The molecule has 0 aliphatic carbocycles. The molecule has 0 saturated heterocycles. The zero-order valence-corrected chi connectivity index (χ0v) is 14.8. The maximum absolute atomic E-state index is 13.0. The van der Waals surface area contributed by atoms with E-state index in [-0.39, 0.29) is 12.8 Å². The van der Waals surface area contributed by atoms with Crippen LogP contribution in [0, 0.1) is 5.92 Å². The molecule has 1 aromatic carbocycles. The number of hydrogen-bond acceptors (Lipinski definition) is 3. The van der Waals surface area contributed by atoms with Crippen LogP contribution in [0.4, 0.5) is 0 Å². The largest absolute Gasteiger partial charge is 0.481 e. The quantitative estimate of drug-likeness (QED) is 0.503. The summed E-state index contributed by atoms with van der Waals surface area (Å²) in [5, 5.41) is 18.8. The Morgan fingerprint density at radius 2 is 1.92 bits per heavy atom. The van der Waals surface area contributed by atoms with Crippen molar-refractivity contribution >= 4 is 30.2 Å². The molecule has 0 spiro atoms. The van der Waals surface area contributed by atoms with E-state index in [2.05, 4.69) is 4.98 Å². The highest BCUT2D eigenvalue weighted by molar-refractivity contribution is 7.58. The van der Waals surface area contributed by atoms with E-state index in [1.165, 1.54) is 0 Å². The smallest absolute Gasteiger partial charge is 0.307 e. The Morgan fingerprint density at radius 3 is 2.52 bits per heavy atom. The van der Waals surface area contributed by atoms with Crippen LogP contribution in [0.25, 0.3) is 10.9 Å². The van der Waals surface area contributed by atoms with Gasteiger partial charge in [-0.1, -0.05) is 25.1 Å². The number of para-hydroxylation sites is 1. The number of carboxylic acids is 2. The Balaban J connectivity index is 2.29. The standard InChI is InChI=1S/C17H22NO6P/c1-2-15(13-9-18-14-6-4-3-5-12(13)14)25(23,24)10-11(17(21)22)7-8-16(19)20/h3-6,9,11,15,18H,2,7-8,10H2,1H3,(H,19,20)(H,21,22)(H,23,24). The van der Waals surface area contributed by atoms with Crippen molar-refractivity contribution in [1.29, 1.82) is 0 Å². The summed E-state index contributed by atoms with van der Waals surface area (Å²) in [5.41, 5.74) is 0.832. The summed E-state index contributed by atoms with van der Waals surface area (Å²) >= 11 is 0. The van der Waals surface area contributed by atoms with Gasteiger partial charge in [-0.15, -0.1) is 0 Å². The predicted molar refractivity (Wildman–Crippen MR) is 94.0 cm³/mol. The van der Waals surface area contributed by atoms with E-state index in [0.29, 0.717) is 12.0 Å². The molecule has 1 heterocycles. The van der Waals surface area contributed by atoms with Crippen LogP contribution in [0.1, 0.15) is 37.4 Å². The number of benzene rings is 1. The lowest BCUT2D eigenvalue weighted by Gasteiger charge is -2.24. The Morgan fingerprint density at radius 1 is 1.24 bits per heavy atom. The van der Waals surface area contributed by atoms with Gasteiger partial charge in [-0.25, -0.2) is 0 Å². The number of aromatic nitrogens is 1. The normalized spacial score (nSPS) is 16.2. The summed E-state index contributed by atoms with van der Waals surface area (Å²) in [4.78, 5) is 35.7. The molecule has 136 valence electrons. The minimum Gasteiger partial charge on any atom is -0.481 e. The molecule has 0 aliphatic rings. The van der Waals surface area contributed by atoms with Crippen molar-refractivity contribution in [3.63, 3.8) is 0 Å². The molecule has 25 heavy (non-hydrogen) atoms. The van der Waals surface area contributed by atoms with Crippen molar-refractivity contribution in [2.45, 2.75) is 31.8 Å². The summed E-state index contributed by atoms with van der Waals surface area (Å²) in [7, 11) is -3.86. The predicted octanol–water partition coefficient (Wildman–Crippen LogP) is 3.46. The van der Waals surface area contributed by atoms with E-state index < -0.39 is 37.0 Å². The number of carbonyl (C=O) groups is 2. The highest BCUT2D eigenvalue weighted by Crippen LogP contribution is 2.59. The first-order valence-electron chi connectivity index (χ1n) is 8.08. The fourth-order valence-corrected chi connectivity index (χ4v) is 5.57. The highest BCUT2D eigenvalue weighted by atomic mass is 31.2. The van der Waals surface area contributed by atoms with E-state index in [0.717, 1.165) is 10.9 Å². The van der Waals surface area contributed by atoms with Gasteiger partial charge < -0.3 is 20.1 Å². The molecule has 8 heteroatoms. The Hall–Kier alpha value is -2.11. The number of aliphatic carboxylic acids is 2. The summed E-state index contributed by atoms with van der Waals surface area (Å²) in [6.45, 7) is 1.78. The topological polar surface area (TPSA) is 128 Å². The van der Waals surface area contributed by atoms with Gasteiger partial charge >= 0.3 is 11.9 Å². The van der Waals surface area contributed by atoms with Crippen LogP contribution >= 0.6 is 7.37 Å². The molecule has 0 bridgehead atoms. The number of nitrogens with one attached hydrogen (secondary N) is 1. The molecule has 7 nitrogen and oxygen atoms in total. The molecule has 3 unspecified atom stereocenters. The molecule has 0 fully saturated rings. The summed E-state index contributed by atoms with van der Waals surface area (Å²) in [6, 6.07) is 7.40. The molecule has 1 aromatic heterocycles. The molecular formula is C17H22NO6P. The Labute approximate surface area is 145 Å². The van der Waals surface area contributed by atoms with E-state index in [1.54, 1.807) is 13.1 Å². The maximum Gasteiger partial charge on any atom is 0.307 e. The second kappa shape index (κ2) is 7.85. The highest BCUT2D eigenvalue weighted by Gasteiger charge is 2.37. The molecule has 0 amide bonds. The third-order valence-corrected chi connectivity index (χ3v) is 6.97. The van der Waals surface area contributed by atoms with Gasteiger partial charge in [0.25, 0.3) is 0 Å². The van der Waals surface area contributed by atoms with Gasteiger partial charge in [0.15, 0.2) is 0 Å². The molecular weight excluding hydrogens is 345 g/mol. The third-order valence-electron chi connectivity index (χ3n) is 4.39. The second-order valence-electron chi connectivity index (χ2n) is 6.12. The molecule has 0 saturated carbocycles. The first-order chi connectivity index (χ1) is 11.8. The molecule has 0 radical (unpaired) electrons. The number of carboxylic acid groups (broad SMARTS) is 2. The van der Waals surface area contributed by atoms with Gasteiger partial charge in [0.05, 0.1) is 11.6 Å². The van der Waals surface area contributed by atoms with Crippen molar-refractivity contribution in [2.24, 2.45) is 5.92 Å². The van der Waals surface area contributed by atoms with Crippen LogP contribution in [-0.2, 0) is 14.2 Å². The van der Waals surface area contributed by atoms with Crippen molar-refractivity contribution in [1.82, 2.24) is 4.98 Å². The number of aromatic amines is 1. The van der Waals surface area contributed by atoms with Crippen LogP contribution in [0.3, 0.4) is 0 Å². The zero-order chi connectivity index (χ0) is 18.6. The summed E-state index contributed by atoms with van der Waals surface area (Å²) in [6.07, 6.45) is 1.11. The van der Waals surface area contributed by atoms with Crippen molar-refractivity contribution in [3.05, 3.63) is 36.0 Å². The maximum atomic E-state index is 13.0. The van der Waals surface area contributed by atoms with Crippen LogP contribution in [0.5, 0.6) is 0 Å². The molecule has 4 N–H and O–H groups in total. The molecule has 0 aliphatic heterocycles. The van der Waals surface area contributed by atoms with Gasteiger partial charge in [0, 0.05) is 29.7 Å². The van der Waals surface area contributed by atoms with Gasteiger partial charge in [-0.2, -0.15) is 0 Å². The Kier molecular flexibility index (Phi) is 6.03. The van der Waals surface area contributed by atoms with Crippen LogP contribution in [0.15, 0.2) is 30.5 Å². The minimum atomic E-state index is -3.86. The number of fused-ring (bicyclic) bond motifs is 1. The number of hydrogen-bond donors (Lipinski definition) is 4. The lowest BCUT2D eigenvalue weighted by Crippen LogP contribution is -2.21. The van der Waals surface area contributed by atoms with Crippen LogP contribution in [0.2, 0.25) is 0 Å². The first kappa shape index (κ1) is 19.2. The van der Waals surface area contributed by atoms with Crippen molar-refractivity contribution < 1.29 is 29.3 Å². The summed E-state index contributed by atoms with van der Waals surface area (Å²) in [5.74, 6) is -3.53. The first-order valence-corrected chi connectivity index (χ1v) is 9.99. The van der Waals surface area contributed by atoms with Gasteiger partial charge in [-0.05, 0) is 24.5 Å². The van der Waals surface area contributed by atoms with Gasteiger partial charge in [-0.3, -0.25) is 14.2 Å². The monoisotopic (exact) mass is 367 g/mol.